The monoisotopic (exact) mass is 248 g/mol. The fraction of sp³-hybridized carbons (Fsp3) is 0.400. The Balaban J connectivity index is 3.00. The number of rotatable bonds is 5. The highest BCUT2D eigenvalue weighted by atomic mass is 31.2. The highest BCUT2D eigenvalue weighted by molar-refractivity contribution is 7.52. The first-order chi connectivity index (χ1) is 7.54. The summed E-state index contributed by atoms with van der Waals surface area (Å²) in [7, 11) is -0.786. The Labute approximate surface area is 93.5 Å². The second-order valence-electron chi connectivity index (χ2n) is 3.22. The Morgan fingerprint density at radius 1 is 1.38 bits per heavy atom. The van der Waals surface area contributed by atoms with Crippen LogP contribution < -0.4 is 0 Å². The molecule has 90 valence electrons. The molecule has 4 nitrogen and oxygen atoms in total. The molecule has 0 aliphatic rings. The van der Waals surface area contributed by atoms with Gasteiger partial charge in [0.05, 0.1) is 12.8 Å². The van der Waals surface area contributed by atoms with Gasteiger partial charge in [0.2, 0.25) is 0 Å². The topological polar surface area (TPSA) is 55.8 Å². The summed E-state index contributed by atoms with van der Waals surface area (Å²) in [6.45, 7) is -0.197. The quantitative estimate of drug-likeness (QED) is 0.812. The summed E-state index contributed by atoms with van der Waals surface area (Å²) in [6, 6.07) is 4.12. The SMILES string of the molecule is COP(=O)(Cc1cc(CO)ccc1F)OC. The van der Waals surface area contributed by atoms with E-state index in [2.05, 4.69) is 0 Å². The summed E-state index contributed by atoms with van der Waals surface area (Å²) in [4.78, 5) is 0. The molecule has 0 heterocycles. The molecule has 1 aromatic rings. The van der Waals surface area contributed by atoms with Crippen LogP contribution in [0.4, 0.5) is 4.39 Å². The molecule has 1 N–H and O–H groups in total. The van der Waals surface area contributed by atoms with E-state index in [1.54, 1.807) is 0 Å². The van der Waals surface area contributed by atoms with E-state index >= 15 is 0 Å². The van der Waals surface area contributed by atoms with Crippen molar-refractivity contribution < 1.29 is 23.1 Å². The Morgan fingerprint density at radius 2 is 2.00 bits per heavy atom. The smallest absolute Gasteiger partial charge is 0.334 e. The molecule has 0 aromatic heterocycles. The number of hydrogen-bond acceptors (Lipinski definition) is 4. The van der Waals surface area contributed by atoms with Gasteiger partial charge in [0.25, 0.3) is 0 Å². The first-order valence-corrected chi connectivity index (χ1v) is 6.36. The summed E-state index contributed by atoms with van der Waals surface area (Å²) in [5.41, 5.74) is 0.758. The van der Waals surface area contributed by atoms with E-state index in [4.69, 9.17) is 14.2 Å². The normalized spacial score (nSPS) is 11.8. The van der Waals surface area contributed by atoms with Crippen molar-refractivity contribution in [2.24, 2.45) is 0 Å². The van der Waals surface area contributed by atoms with Crippen LogP contribution in [0.5, 0.6) is 0 Å². The second-order valence-corrected chi connectivity index (χ2v) is 5.49. The molecule has 0 aliphatic heterocycles. The second kappa shape index (κ2) is 5.55. The first kappa shape index (κ1) is 13.3. The summed E-state index contributed by atoms with van der Waals surface area (Å²) in [6.07, 6.45) is -0.153. The number of benzene rings is 1. The highest BCUT2D eigenvalue weighted by Gasteiger charge is 2.23. The van der Waals surface area contributed by atoms with Crippen molar-refractivity contribution in [1.82, 2.24) is 0 Å². The van der Waals surface area contributed by atoms with E-state index in [1.807, 2.05) is 0 Å². The molecule has 1 aromatic carbocycles. The van der Waals surface area contributed by atoms with Crippen LogP contribution in [0.25, 0.3) is 0 Å². The van der Waals surface area contributed by atoms with Gasteiger partial charge in [0.1, 0.15) is 5.82 Å². The number of halogens is 1. The molecule has 16 heavy (non-hydrogen) atoms. The van der Waals surface area contributed by atoms with Crippen molar-refractivity contribution in [2.75, 3.05) is 14.2 Å². The largest absolute Gasteiger partial charge is 0.392 e. The van der Waals surface area contributed by atoms with Crippen molar-refractivity contribution in [3.63, 3.8) is 0 Å². The van der Waals surface area contributed by atoms with Crippen LogP contribution in [-0.2, 0) is 26.4 Å². The molecule has 0 saturated heterocycles. The van der Waals surface area contributed by atoms with Gasteiger partial charge in [0.15, 0.2) is 0 Å². The number of aliphatic hydroxyl groups excluding tert-OH is 1. The predicted molar refractivity (Wildman–Crippen MR) is 57.7 cm³/mol. The minimum absolute atomic E-state index is 0.153. The first-order valence-electron chi connectivity index (χ1n) is 4.63. The highest BCUT2D eigenvalue weighted by Crippen LogP contribution is 2.50. The van der Waals surface area contributed by atoms with E-state index in [9.17, 15) is 8.96 Å². The van der Waals surface area contributed by atoms with Crippen molar-refractivity contribution in [3.05, 3.63) is 35.1 Å². The van der Waals surface area contributed by atoms with Crippen molar-refractivity contribution in [2.45, 2.75) is 12.8 Å². The average Bonchev–Trinajstić information content (AvgIpc) is 2.32. The third kappa shape index (κ3) is 3.12. The fourth-order valence-corrected chi connectivity index (χ4v) is 2.33. The zero-order valence-corrected chi connectivity index (χ0v) is 10.0. The van der Waals surface area contributed by atoms with Crippen LogP contribution in [0.15, 0.2) is 18.2 Å². The molecule has 0 aliphatic carbocycles. The lowest BCUT2D eigenvalue weighted by Crippen LogP contribution is -1.98. The van der Waals surface area contributed by atoms with Gasteiger partial charge in [-0.3, -0.25) is 4.57 Å². The Morgan fingerprint density at radius 3 is 2.50 bits per heavy atom. The predicted octanol–water partition coefficient (Wildman–Crippen LogP) is 2.30. The molecule has 0 atom stereocenters. The molecular weight excluding hydrogens is 234 g/mol. The molecule has 0 radical (unpaired) electrons. The van der Waals surface area contributed by atoms with E-state index in [0.29, 0.717) is 5.56 Å². The molecule has 0 unspecified atom stereocenters. The molecule has 1 rings (SSSR count). The third-order valence-electron chi connectivity index (χ3n) is 2.21. The van der Waals surface area contributed by atoms with Gasteiger partial charge in [-0.25, -0.2) is 4.39 Å². The lowest BCUT2D eigenvalue weighted by molar-refractivity contribution is 0.273. The maximum Gasteiger partial charge on any atom is 0.334 e. The van der Waals surface area contributed by atoms with Crippen LogP contribution in [0.1, 0.15) is 11.1 Å². The fourth-order valence-electron chi connectivity index (χ4n) is 1.26. The van der Waals surface area contributed by atoms with Crippen LogP contribution in [0.2, 0.25) is 0 Å². The Hall–Kier alpha value is -0.740. The van der Waals surface area contributed by atoms with Crippen molar-refractivity contribution >= 4 is 7.60 Å². The van der Waals surface area contributed by atoms with Crippen LogP contribution in [0.3, 0.4) is 0 Å². The number of aliphatic hydroxyl groups is 1. The average molecular weight is 248 g/mol. The molecule has 0 amide bonds. The standard InChI is InChI=1S/C10H14FO4P/c1-14-16(13,15-2)7-9-5-8(6-12)3-4-10(9)11/h3-5,12H,6-7H2,1-2H3. The van der Waals surface area contributed by atoms with Crippen molar-refractivity contribution in [3.8, 4) is 0 Å². The summed E-state index contributed by atoms with van der Waals surface area (Å²) in [5.74, 6) is -0.494. The maximum absolute atomic E-state index is 13.4. The zero-order chi connectivity index (χ0) is 12.2. The van der Waals surface area contributed by atoms with Gasteiger partial charge in [-0.05, 0) is 17.7 Å². The lowest BCUT2D eigenvalue weighted by Gasteiger charge is -2.14. The summed E-state index contributed by atoms with van der Waals surface area (Å²) in [5, 5.41) is 8.91. The van der Waals surface area contributed by atoms with Gasteiger partial charge in [0, 0.05) is 19.8 Å². The van der Waals surface area contributed by atoms with Gasteiger partial charge in [-0.15, -0.1) is 0 Å². The van der Waals surface area contributed by atoms with E-state index in [-0.39, 0.29) is 18.3 Å². The Kier molecular flexibility index (Phi) is 4.62. The van der Waals surface area contributed by atoms with Crippen LogP contribution in [-0.4, -0.2) is 19.3 Å². The van der Waals surface area contributed by atoms with Gasteiger partial charge < -0.3 is 14.2 Å². The van der Waals surface area contributed by atoms with Gasteiger partial charge in [-0.2, -0.15) is 0 Å². The minimum atomic E-state index is -3.28. The van der Waals surface area contributed by atoms with E-state index < -0.39 is 13.4 Å². The summed E-state index contributed by atoms with van der Waals surface area (Å²) < 4.78 is 34.6. The zero-order valence-electron chi connectivity index (χ0n) is 9.14. The molecule has 0 saturated carbocycles. The third-order valence-corrected chi connectivity index (χ3v) is 4.05. The molecule has 0 bridgehead atoms. The number of hydrogen-bond donors (Lipinski definition) is 1. The van der Waals surface area contributed by atoms with Gasteiger partial charge >= 0.3 is 7.60 Å². The molecule has 0 spiro atoms. The molecule has 6 heteroatoms. The molecule has 0 fully saturated rings. The maximum atomic E-state index is 13.4. The van der Waals surface area contributed by atoms with Crippen LogP contribution >= 0.6 is 7.60 Å². The van der Waals surface area contributed by atoms with Gasteiger partial charge in [-0.1, -0.05) is 6.07 Å². The molecular formula is C10H14FO4P. The Bertz CT molecular complexity index is 400. The van der Waals surface area contributed by atoms with E-state index in [0.717, 1.165) is 0 Å². The lowest BCUT2D eigenvalue weighted by atomic mass is 10.1. The van der Waals surface area contributed by atoms with Crippen LogP contribution in [0, 0.1) is 5.82 Å². The van der Waals surface area contributed by atoms with Crippen molar-refractivity contribution in [1.29, 1.82) is 0 Å². The minimum Gasteiger partial charge on any atom is -0.392 e. The summed E-state index contributed by atoms with van der Waals surface area (Å²) >= 11 is 0. The van der Waals surface area contributed by atoms with E-state index in [1.165, 1.54) is 32.4 Å².